The van der Waals surface area contributed by atoms with Crippen LogP contribution in [0, 0.1) is 0 Å². The maximum Gasteiger partial charge on any atom is 0.0178 e. The summed E-state index contributed by atoms with van der Waals surface area (Å²) in [6.07, 6.45) is 6.26. The highest BCUT2D eigenvalue weighted by Gasteiger charge is 2.33. The molecule has 128 valence electrons. The fourth-order valence-corrected chi connectivity index (χ4v) is 3.95. The molecular weight excluding hydrogens is 316 g/mol. The van der Waals surface area contributed by atoms with E-state index < -0.39 is 0 Å². The molecule has 2 atom stereocenters. The van der Waals surface area contributed by atoms with Crippen molar-refractivity contribution in [2.45, 2.75) is 56.7 Å². The molecule has 3 N–H and O–H groups in total. The number of hydrogen-bond donors (Lipinski definition) is 2. The van der Waals surface area contributed by atoms with Crippen molar-refractivity contribution in [2.75, 3.05) is 0 Å². The van der Waals surface area contributed by atoms with E-state index in [1.54, 1.807) is 0 Å². The van der Waals surface area contributed by atoms with E-state index in [-0.39, 0.29) is 12.4 Å². The van der Waals surface area contributed by atoms with Gasteiger partial charge >= 0.3 is 0 Å². The van der Waals surface area contributed by atoms with Crippen molar-refractivity contribution in [2.24, 2.45) is 5.73 Å². The second kappa shape index (κ2) is 7.69. The predicted octanol–water partition coefficient (Wildman–Crippen LogP) is 3.96. The van der Waals surface area contributed by atoms with Gasteiger partial charge in [-0.25, -0.2) is 0 Å². The molecule has 2 aromatic carbocycles. The number of aryl methyl sites for hydroxylation is 1. The first-order valence-electron chi connectivity index (χ1n) is 8.95. The number of nitrogens with one attached hydrogen (secondary N) is 1. The number of hydrogen-bond acceptors (Lipinski definition) is 2. The van der Waals surface area contributed by atoms with Gasteiger partial charge in [0, 0.05) is 24.5 Å². The maximum absolute atomic E-state index is 5.89. The number of fused-ring (bicyclic) bond motifs is 1. The Morgan fingerprint density at radius 3 is 2.46 bits per heavy atom. The van der Waals surface area contributed by atoms with Crippen LogP contribution in [0.2, 0.25) is 0 Å². The third-order valence-corrected chi connectivity index (χ3v) is 5.38. The molecule has 0 heterocycles. The van der Waals surface area contributed by atoms with Crippen LogP contribution in [-0.2, 0) is 19.4 Å². The fourth-order valence-electron chi connectivity index (χ4n) is 3.95. The molecule has 2 nitrogen and oxygen atoms in total. The monoisotopic (exact) mass is 342 g/mol. The lowest BCUT2D eigenvalue weighted by atomic mass is 9.75. The second-order valence-electron chi connectivity index (χ2n) is 7.12. The van der Waals surface area contributed by atoms with Crippen molar-refractivity contribution in [3.8, 4) is 0 Å². The van der Waals surface area contributed by atoms with Gasteiger partial charge in [0.25, 0.3) is 0 Å². The molecule has 1 fully saturated rings. The molecule has 24 heavy (non-hydrogen) atoms. The summed E-state index contributed by atoms with van der Waals surface area (Å²) in [6, 6.07) is 19.2. The van der Waals surface area contributed by atoms with Gasteiger partial charge in [0.15, 0.2) is 0 Å². The van der Waals surface area contributed by atoms with Gasteiger partial charge in [0.2, 0.25) is 0 Å². The molecule has 1 saturated carbocycles. The highest BCUT2D eigenvalue weighted by Crippen LogP contribution is 2.37. The van der Waals surface area contributed by atoms with E-state index in [0.29, 0.717) is 18.5 Å². The van der Waals surface area contributed by atoms with Crippen molar-refractivity contribution >= 4 is 12.4 Å². The molecule has 0 aromatic heterocycles. The van der Waals surface area contributed by atoms with Crippen molar-refractivity contribution < 1.29 is 0 Å². The molecule has 2 aliphatic carbocycles. The summed E-state index contributed by atoms with van der Waals surface area (Å²) < 4.78 is 0. The molecule has 2 aliphatic rings. The van der Waals surface area contributed by atoms with Gasteiger partial charge in [0.05, 0.1) is 0 Å². The van der Waals surface area contributed by atoms with E-state index in [1.165, 1.54) is 47.9 Å². The first kappa shape index (κ1) is 17.5. The van der Waals surface area contributed by atoms with Gasteiger partial charge in [-0.15, -0.1) is 12.4 Å². The molecule has 0 aliphatic heterocycles. The average Bonchev–Trinajstić information content (AvgIpc) is 3.41. The zero-order valence-electron chi connectivity index (χ0n) is 14.1. The van der Waals surface area contributed by atoms with Crippen molar-refractivity contribution in [1.82, 2.24) is 5.32 Å². The molecule has 2 aromatic rings. The molecule has 0 bridgehead atoms. The molecule has 0 saturated heterocycles. The Bertz CT molecular complexity index is 667. The summed E-state index contributed by atoms with van der Waals surface area (Å²) in [4.78, 5) is 0. The number of rotatable bonds is 5. The zero-order valence-corrected chi connectivity index (χ0v) is 14.9. The summed E-state index contributed by atoms with van der Waals surface area (Å²) >= 11 is 0. The van der Waals surface area contributed by atoms with Gasteiger partial charge in [-0.2, -0.15) is 0 Å². The number of halogens is 1. The zero-order chi connectivity index (χ0) is 15.6. The molecule has 0 amide bonds. The van der Waals surface area contributed by atoms with Gasteiger partial charge in [-0.1, -0.05) is 48.5 Å². The molecule has 4 rings (SSSR count). The standard InChI is InChI=1S/C21H26N2.ClH/c22-14-16-6-7-17-8-11-21(23-18-9-10-18)20(19(17)13-16)12-15-4-2-1-3-5-15;/h1-7,13,18,20-21,23H,8-12,14,22H2;1H. The Morgan fingerprint density at radius 2 is 1.75 bits per heavy atom. The van der Waals surface area contributed by atoms with Gasteiger partial charge < -0.3 is 11.1 Å². The Labute approximate surface area is 151 Å². The Kier molecular flexibility index (Phi) is 5.60. The van der Waals surface area contributed by atoms with Crippen LogP contribution >= 0.6 is 12.4 Å². The number of benzene rings is 2. The highest BCUT2D eigenvalue weighted by molar-refractivity contribution is 5.85. The van der Waals surface area contributed by atoms with Gasteiger partial charge in [-0.05, 0) is 54.4 Å². The largest absolute Gasteiger partial charge is 0.326 e. The normalized spacial score (nSPS) is 22.5. The highest BCUT2D eigenvalue weighted by atomic mass is 35.5. The molecule has 2 unspecified atom stereocenters. The lowest BCUT2D eigenvalue weighted by Gasteiger charge is -2.35. The van der Waals surface area contributed by atoms with E-state index in [9.17, 15) is 0 Å². The van der Waals surface area contributed by atoms with Crippen LogP contribution in [0.25, 0.3) is 0 Å². The molecule has 0 spiro atoms. The minimum atomic E-state index is 0. The molecular formula is C21H27ClN2. The third kappa shape index (κ3) is 3.83. The molecule has 3 heteroatoms. The van der Waals surface area contributed by atoms with Crippen LogP contribution in [0.4, 0.5) is 0 Å². The Hall–Kier alpha value is -1.35. The van der Waals surface area contributed by atoms with Crippen LogP contribution in [0.5, 0.6) is 0 Å². The quantitative estimate of drug-likeness (QED) is 0.863. The smallest absolute Gasteiger partial charge is 0.0178 e. The topological polar surface area (TPSA) is 38.0 Å². The lowest BCUT2D eigenvalue weighted by Crippen LogP contribution is -2.40. The summed E-state index contributed by atoms with van der Waals surface area (Å²) in [7, 11) is 0. The van der Waals surface area contributed by atoms with Crippen LogP contribution in [0.15, 0.2) is 48.5 Å². The van der Waals surface area contributed by atoms with Crippen molar-refractivity contribution in [3.63, 3.8) is 0 Å². The lowest BCUT2D eigenvalue weighted by molar-refractivity contribution is 0.381. The van der Waals surface area contributed by atoms with Crippen LogP contribution in [0.3, 0.4) is 0 Å². The number of nitrogens with two attached hydrogens (primary N) is 1. The van der Waals surface area contributed by atoms with Gasteiger partial charge in [0.1, 0.15) is 0 Å². The minimum Gasteiger partial charge on any atom is -0.326 e. The van der Waals surface area contributed by atoms with E-state index in [0.717, 1.165) is 12.5 Å². The fraction of sp³-hybridized carbons (Fsp3) is 0.429. The SMILES string of the molecule is Cl.NCc1ccc2c(c1)C(Cc1ccccc1)C(NC1CC1)CC2. The third-order valence-electron chi connectivity index (χ3n) is 5.38. The first-order chi connectivity index (χ1) is 11.3. The first-order valence-corrected chi connectivity index (χ1v) is 8.95. The predicted molar refractivity (Wildman–Crippen MR) is 103 cm³/mol. The summed E-state index contributed by atoms with van der Waals surface area (Å²) in [6.45, 7) is 0.631. The average molecular weight is 343 g/mol. The van der Waals surface area contributed by atoms with Crippen molar-refractivity contribution in [3.05, 3.63) is 70.8 Å². The van der Waals surface area contributed by atoms with Crippen LogP contribution in [-0.4, -0.2) is 12.1 Å². The molecule has 0 radical (unpaired) electrons. The van der Waals surface area contributed by atoms with E-state index in [1.807, 2.05) is 0 Å². The van der Waals surface area contributed by atoms with Gasteiger partial charge in [-0.3, -0.25) is 0 Å². The summed E-state index contributed by atoms with van der Waals surface area (Å²) in [5.74, 6) is 0.563. The van der Waals surface area contributed by atoms with Crippen LogP contribution in [0.1, 0.15) is 47.4 Å². The summed E-state index contributed by atoms with van der Waals surface area (Å²) in [5, 5.41) is 3.91. The van der Waals surface area contributed by atoms with Crippen molar-refractivity contribution in [1.29, 1.82) is 0 Å². The van der Waals surface area contributed by atoms with E-state index in [2.05, 4.69) is 53.8 Å². The Balaban J connectivity index is 0.00000169. The van der Waals surface area contributed by atoms with Crippen LogP contribution < -0.4 is 11.1 Å². The van der Waals surface area contributed by atoms with E-state index >= 15 is 0 Å². The second-order valence-corrected chi connectivity index (χ2v) is 7.12. The maximum atomic E-state index is 5.89. The van der Waals surface area contributed by atoms with E-state index in [4.69, 9.17) is 5.73 Å². The minimum absolute atomic E-state index is 0. The summed E-state index contributed by atoms with van der Waals surface area (Å²) in [5.41, 5.74) is 11.6. The Morgan fingerprint density at radius 1 is 0.958 bits per heavy atom.